The zero-order chi connectivity index (χ0) is 18.8. The minimum absolute atomic E-state index is 0.111. The highest BCUT2D eigenvalue weighted by Gasteiger charge is 2.39. The molecule has 0 saturated carbocycles. The zero-order valence-corrected chi connectivity index (χ0v) is 15.6. The molecule has 5 nitrogen and oxygen atoms in total. The maximum absolute atomic E-state index is 13.0. The first-order chi connectivity index (χ1) is 13.2. The van der Waals surface area contributed by atoms with Crippen LogP contribution in [0, 0.1) is 11.3 Å². The molecule has 0 aliphatic carbocycles. The third kappa shape index (κ3) is 3.57. The number of nitriles is 1. The molecule has 0 N–H and O–H groups in total. The topological polar surface area (TPSA) is 56.6 Å². The first-order valence-electron chi connectivity index (χ1n) is 9.09. The van der Waals surface area contributed by atoms with Crippen molar-refractivity contribution < 1.29 is 9.53 Å². The molecule has 138 valence electrons. The van der Waals surface area contributed by atoms with Crippen LogP contribution in [0.1, 0.15) is 23.7 Å². The van der Waals surface area contributed by atoms with E-state index in [2.05, 4.69) is 11.0 Å². The number of benzene rings is 2. The molecule has 0 spiro atoms. The molecule has 4 rings (SSSR count). The second kappa shape index (κ2) is 7.69. The van der Waals surface area contributed by atoms with Crippen LogP contribution in [0.15, 0.2) is 48.5 Å². The van der Waals surface area contributed by atoms with E-state index in [1.54, 1.807) is 12.1 Å². The molecule has 1 amide bonds. The predicted octanol–water partition coefficient (Wildman–Crippen LogP) is 3.39. The lowest BCUT2D eigenvalue weighted by atomic mass is 10.1. The van der Waals surface area contributed by atoms with Crippen LogP contribution in [0.4, 0.5) is 5.69 Å². The van der Waals surface area contributed by atoms with Crippen molar-refractivity contribution in [2.45, 2.75) is 18.6 Å². The molecule has 2 heterocycles. The summed E-state index contributed by atoms with van der Waals surface area (Å²) in [6, 6.07) is 16.8. The Labute approximate surface area is 163 Å². The van der Waals surface area contributed by atoms with E-state index in [4.69, 9.17) is 21.6 Å². The third-order valence-corrected chi connectivity index (χ3v) is 5.62. The minimum atomic E-state index is -0.144. The highest BCUT2D eigenvalue weighted by atomic mass is 35.5. The Hall–Kier alpha value is -2.39. The molecule has 2 unspecified atom stereocenters. The van der Waals surface area contributed by atoms with E-state index < -0.39 is 0 Å². The Morgan fingerprint density at radius 3 is 2.63 bits per heavy atom. The number of morpholine rings is 1. The molecule has 27 heavy (non-hydrogen) atoms. The van der Waals surface area contributed by atoms with Crippen LogP contribution >= 0.6 is 11.6 Å². The molecule has 2 aromatic rings. The Bertz CT molecular complexity index is 878. The first kappa shape index (κ1) is 18.0. The van der Waals surface area contributed by atoms with Gasteiger partial charge in [0.2, 0.25) is 5.91 Å². The van der Waals surface area contributed by atoms with Crippen molar-refractivity contribution >= 4 is 23.2 Å². The molecule has 0 bridgehead atoms. The van der Waals surface area contributed by atoms with Gasteiger partial charge in [0.15, 0.2) is 0 Å². The van der Waals surface area contributed by atoms with Crippen LogP contribution in [0.25, 0.3) is 0 Å². The standard InChI is InChI=1S/C21H20ClN3O2/c22-18-4-2-1-3-17(18)20-14-24(11-12-27-20)19-9-10-25(21(19)26)16-7-5-15(13-23)6-8-16/h1-8,19-20H,9-12,14H2. The maximum atomic E-state index is 13.0. The Morgan fingerprint density at radius 2 is 1.89 bits per heavy atom. The van der Waals surface area contributed by atoms with Gasteiger partial charge >= 0.3 is 0 Å². The number of amides is 1. The van der Waals surface area contributed by atoms with Gasteiger partial charge in [0.05, 0.1) is 30.4 Å². The van der Waals surface area contributed by atoms with Crippen molar-refractivity contribution in [3.8, 4) is 6.07 Å². The SMILES string of the molecule is N#Cc1ccc(N2CCC(N3CCOC(c4ccccc4Cl)C3)C2=O)cc1. The summed E-state index contributed by atoms with van der Waals surface area (Å²) < 4.78 is 5.93. The lowest BCUT2D eigenvalue weighted by molar-refractivity contribution is -0.125. The van der Waals surface area contributed by atoms with Crippen LogP contribution in [-0.4, -0.2) is 43.1 Å². The van der Waals surface area contributed by atoms with Crippen LogP contribution in [0.5, 0.6) is 0 Å². The van der Waals surface area contributed by atoms with Crippen molar-refractivity contribution in [3.05, 3.63) is 64.7 Å². The molecule has 2 fully saturated rings. The van der Waals surface area contributed by atoms with E-state index in [0.29, 0.717) is 30.3 Å². The fourth-order valence-corrected chi connectivity index (χ4v) is 4.11. The summed E-state index contributed by atoms with van der Waals surface area (Å²) in [4.78, 5) is 17.0. The molecular formula is C21H20ClN3O2. The highest BCUT2D eigenvalue weighted by Crippen LogP contribution is 2.31. The molecule has 2 aliphatic heterocycles. The van der Waals surface area contributed by atoms with E-state index in [0.717, 1.165) is 24.2 Å². The number of carbonyl (C=O) groups is 1. The number of hydrogen-bond acceptors (Lipinski definition) is 4. The van der Waals surface area contributed by atoms with E-state index in [9.17, 15) is 4.79 Å². The molecule has 2 aromatic carbocycles. The molecule has 0 radical (unpaired) electrons. The Balaban J connectivity index is 1.48. The number of hydrogen-bond donors (Lipinski definition) is 0. The summed E-state index contributed by atoms with van der Waals surface area (Å²) in [5, 5.41) is 9.63. The Morgan fingerprint density at radius 1 is 1.11 bits per heavy atom. The Kier molecular flexibility index (Phi) is 5.13. The van der Waals surface area contributed by atoms with Gasteiger partial charge in [-0.2, -0.15) is 5.26 Å². The molecule has 0 aromatic heterocycles. The van der Waals surface area contributed by atoms with Gasteiger partial charge in [-0.25, -0.2) is 0 Å². The van der Waals surface area contributed by atoms with Gasteiger partial charge in [0.25, 0.3) is 0 Å². The lowest BCUT2D eigenvalue weighted by Gasteiger charge is -2.36. The summed E-state index contributed by atoms with van der Waals surface area (Å²) in [6.07, 6.45) is 0.665. The van der Waals surface area contributed by atoms with Crippen LogP contribution < -0.4 is 4.90 Å². The van der Waals surface area contributed by atoms with Crippen LogP contribution in [0.3, 0.4) is 0 Å². The second-order valence-electron chi connectivity index (χ2n) is 6.83. The van der Waals surface area contributed by atoms with E-state index in [-0.39, 0.29) is 18.1 Å². The number of rotatable bonds is 3. The summed E-state index contributed by atoms with van der Waals surface area (Å²) >= 11 is 6.32. The van der Waals surface area contributed by atoms with Gasteiger partial charge in [-0.1, -0.05) is 29.8 Å². The van der Waals surface area contributed by atoms with Crippen molar-refractivity contribution in [1.82, 2.24) is 4.90 Å². The summed E-state index contributed by atoms with van der Waals surface area (Å²) in [5.41, 5.74) is 2.41. The van der Waals surface area contributed by atoms with Gasteiger partial charge in [-0.3, -0.25) is 9.69 Å². The summed E-state index contributed by atoms with van der Waals surface area (Å²) in [7, 11) is 0. The van der Waals surface area contributed by atoms with Gasteiger partial charge < -0.3 is 9.64 Å². The summed E-state index contributed by atoms with van der Waals surface area (Å²) in [5.74, 6) is 0.111. The zero-order valence-electron chi connectivity index (χ0n) is 14.8. The number of anilines is 1. The van der Waals surface area contributed by atoms with E-state index in [1.165, 1.54) is 0 Å². The van der Waals surface area contributed by atoms with E-state index in [1.807, 2.05) is 41.3 Å². The van der Waals surface area contributed by atoms with Gasteiger partial charge in [0.1, 0.15) is 0 Å². The summed E-state index contributed by atoms with van der Waals surface area (Å²) in [6.45, 7) is 2.65. The van der Waals surface area contributed by atoms with Crippen molar-refractivity contribution in [3.63, 3.8) is 0 Å². The predicted molar refractivity (Wildman–Crippen MR) is 104 cm³/mol. The van der Waals surface area contributed by atoms with Crippen LogP contribution in [0.2, 0.25) is 5.02 Å². The third-order valence-electron chi connectivity index (χ3n) is 5.28. The lowest BCUT2D eigenvalue weighted by Crippen LogP contribution is -2.48. The average Bonchev–Trinajstić information content (AvgIpc) is 3.10. The number of halogens is 1. The number of ether oxygens (including phenoxy) is 1. The maximum Gasteiger partial charge on any atom is 0.244 e. The molecule has 2 aliphatic rings. The monoisotopic (exact) mass is 381 g/mol. The largest absolute Gasteiger partial charge is 0.371 e. The molecule has 2 saturated heterocycles. The van der Waals surface area contributed by atoms with Gasteiger partial charge in [0, 0.05) is 35.9 Å². The first-order valence-corrected chi connectivity index (χ1v) is 9.47. The van der Waals surface area contributed by atoms with Gasteiger partial charge in [-0.15, -0.1) is 0 Å². The van der Waals surface area contributed by atoms with Crippen molar-refractivity contribution in [2.75, 3.05) is 31.1 Å². The average molecular weight is 382 g/mol. The normalized spacial score (nSPS) is 23.4. The van der Waals surface area contributed by atoms with Crippen molar-refractivity contribution in [2.24, 2.45) is 0 Å². The van der Waals surface area contributed by atoms with Gasteiger partial charge in [-0.05, 0) is 36.8 Å². The minimum Gasteiger partial charge on any atom is -0.371 e. The molecule has 2 atom stereocenters. The highest BCUT2D eigenvalue weighted by molar-refractivity contribution is 6.31. The number of carbonyl (C=O) groups excluding carboxylic acids is 1. The smallest absolute Gasteiger partial charge is 0.244 e. The van der Waals surface area contributed by atoms with Crippen LogP contribution in [-0.2, 0) is 9.53 Å². The fraction of sp³-hybridized carbons (Fsp3) is 0.333. The molecular weight excluding hydrogens is 362 g/mol. The second-order valence-corrected chi connectivity index (χ2v) is 7.24. The number of nitrogens with zero attached hydrogens (tertiary/aromatic N) is 3. The quantitative estimate of drug-likeness (QED) is 0.817. The molecule has 6 heteroatoms. The fourth-order valence-electron chi connectivity index (χ4n) is 3.85. The van der Waals surface area contributed by atoms with E-state index >= 15 is 0 Å². The van der Waals surface area contributed by atoms with Crippen molar-refractivity contribution in [1.29, 1.82) is 5.26 Å².